The molecule has 0 saturated carbocycles. The second-order valence-electron chi connectivity index (χ2n) is 3.59. The van der Waals surface area contributed by atoms with Crippen molar-refractivity contribution in [3.8, 4) is 5.75 Å². The third-order valence-electron chi connectivity index (χ3n) is 2.51. The Morgan fingerprint density at radius 3 is 3.33 bits per heavy atom. The summed E-state index contributed by atoms with van der Waals surface area (Å²) in [6.07, 6.45) is 4.63. The van der Waals surface area contributed by atoms with Crippen LogP contribution in [0.5, 0.6) is 5.75 Å². The van der Waals surface area contributed by atoms with Gasteiger partial charge >= 0.3 is 0 Å². The number of rotatable bonds is 2. The third kappa shape index (κ3) is 2.67. The van der Waals surface area contributed by atoms with Crippen LogP contribution in [-0.4, -0.2) is 31.9 Å². The molecular weight excluding hydrogens is 192 g/mol. The number of hydrogen-bond donors (Lipinski definition) is 1. The highest BCUT2D eigenvalue weighted by Gasteiger charge is 2.14. The van der Waals surface area contributed by atoms with Gasteiger partial charge in [-0.05, 0) is 24.6 Å². The highest BCUT2D eigenvalue weighted by Crippen LogP contribution is 2.18. The monoisotopic (exact) mass is 208 g/mol. The molecule has 0 spiro atoms. The number of pyridine rings is 1. The summed E-state index contributed by atoms with van der Waals surface area (Å²) >= 11 is 0. The van der Waals surface area contributed by atoms with Gasteiger partial charge in [-0.3, -0.25) is 4.98 Å². The molecule has 2 rings (SSSR count). The van der Waals surface area contributed by atoms with Gasteiger partial charge < -0.3 is 14.8 Å². The van der Waals surface area contributed by atoms with Crippen LogP contribution in [0, 0.1) is 0 Å². The molecule has 1 aromatic rings. The second kappa shape index (κ2) is 5.09. The normalized spacial score (nSPS) is 22.1. The summed E-state index contributed by atoms with van der Waals surface area (Å²) in [6.45, 7) is 2.53. The molecule has 1 atom stereocenters. The van der Waals surface area contributed by atoms with Crippen molar-refractivity contribution in [2.24, 2.45) is 0 Å². The average Bonchev–Trinajstić information content (AvgIpc) is 2.58. The Balaban J connectivity index is 2.12. The number of nitrogens with zero attached hydrogens (tertiary/aromatic N) is 1. The van der Waals surface area contributed by atoms with E-state index in [-0.39, 0.29) is 6.04 Å². The van der Waals surface area contributed by atoms with E-state index in [4.69, 9.17) is 9.47 Å². The van der Waals surface area contributed by atoms with Crippen molar-refractivity contribution >= 4 is 0 Å². The van der Waals surface area contributed by atoms with E-state index in [0.29, 0.717) is 6.61 Å². The maximum Gasteiger partial charge on any atom is 0.137 e. The van der Waals surface area contributed by atoms with E-state index in [1.165, 1.54) is 0 Å². The zero-order valence-electron chi connectivity index (χ0n) is 8.90. The Bertz CT molecular complexity index is 309. The van der Waals surface area contributed by atoms with Crippen LogP contribution >= 0.6 is 0 Å². The van der Waals surface area contributed by atoms with Crippen LogP contribution in [0.25, 0.3) is 0 Å². The van der Waals surface area contributed by atoms with E-state index in [1.54, 1.807) is 13.3 Å². The minimum Gasteiger partial charge on any atom is -0.495 e. The Kier molecular flexibility index (Phi) is 3.53. The van der Waals surface area contributed by atoms with Gasteiger partial charge in [-0.25, -0.2) is 0 Å². The topological polar surface area (TPSA) is 43.4 Å². The molecule has 0 aliphatic carbocycles. The zero-order chi connectivity index (χ0) is 10.5. The predicted octanol–water partition coefficient (Wildman–Crippen LogP) is 1.14. The number of methoxy groups -OCH3 is 1. The van der Waals surface area contributed by atoms with Gasteiger partial charge in [-0.15, -0.1) is 0 Å². The quantitative estimate of drug-likeness (QED) is 0.791. The third-order valence-corrected chi connectivity index (χ3v) is 2.51. The molecule has 2 heterocycles. The lowest BCUT2D eigenvalue weighted by Crippen LogP contribution is -2.23. The lowest BCUT2D eigenvalue weighted by atomic mass is 10.1. The predicted molar refractivity (Wildman–Crippen MR) is 57.0 cm³/mol. The Hall–Kier alpha value is -1.13. The van der Waals surface area contributed by atoms with Gasteiger partial charge in [-0.2, -0.15) is 0 Å². The molecule has 4 heteroatoms. The van der Waals surface area contributed by atoms with Crippen molar-refractivity contribution in [2.45, 2.75) is 12.5 Å². The van der Waals surface area contributed by atoms with Crippen molar-refractivity contribution in [2.75, 3.05) is 26.9 Å². The van der Waals surface area contributed by atoms with Crippen LogP contribution in [0.1, 0.15) is 18.0 Å². The molecule has 1 aliphatic heterocycles. The van der Waals surface area contributed by atoms with E-state index >= 15 is 0 Å². The first-order chi connectivity index (χ1) is 7.40. The lowest BCUT2D eigenvalue weighted by Gasteiger charge is -2.15. The van der Waals surface area contributed by atoms with Crippen molar-refractivity contribution in [1.29, 1.82) is 0 Å². The maximum atomic E-state index is 5.50. The van der Waals surface area contributed by atoms with Crippen LogP contribution in [-0.2, 0) is 4.74 Å². The molecule has 1 aliphatic rings. The van der Waals surface area contributed by atoms with Crippen LogP contribution in [0.3, 0.4) is 0 Å². The summed E-state index contributed by atoms with van der Waals surface area (Å²) < 4.78 is 10.6. The summed E-state index contributed by atoms with van der Waals surface area (Å²) in [5.74, 6) is 0.790. The molecule has 82 valence electrons. The SMILES string of the molecule is COc1cncc(C2COCCCN2)c1. The van der Waals surface area contributed by atoms with Gasteiger partial charge in [0.25, 0.3) is 0 Å². The first kappa shape index (κ1) is 10.4. The Labute approximate surface area is 89.6 Å². The van der Waals surface area contributed by atoms with E-state index < -0.39 is 0 Å². The minimum atomic E-state index is 0.232. The van der Waals surface area contributed by atoms with E-state index in [2.05, 4.69) is 10.3 Å². The standard InChI is InChI=1S/C11H16N2O2/c1-14-10-5-9(6-12-7-10)11-8-15-4-2-3-13-11/h5-7,11,13H,2-4,8H2,1H3. The molecule has 1 fully saturated rings. The molecule has 15 heavy (non-hydrogen) atoms. The maximum absolute atomic E-state index is 5.50. The number of aromatic nitrogens is 1. The van der Waals surface area contributed by atoms with Crippen molar-refractivity contribution < 1.29 is 9.47 Å². The molecule has 0 amide bonds. The summed E-state index contributed by atoms with van der Waals surface area (Å²) in [6, 6.07) is 2.23. The number of ether oxygens (including phenoxy) is 2. The fourth-order valence-electron chi connectivity index (χ4n) is 1.66. The molecular formula is C11H16N2O2. The van der Waals surface area contributed by atoms with Crippen LogP contribution in [0.15, 0.2) is 18.5 Å². The first-order valence-corrected chi connectivity index (χ1v) is 5.20. The van der Waals surface area contributed by atoms with Crippen molar-refractivity contribution in [3.05, 3.63) is 24.0 Å². The van der Waals surface area contributed by atoms with Gasteiger partial charge in [0, 0.05) is 12.8 Å². The van der Waals surface area contributed by atoms with Gasteiger partial charge in [0.2, 0.25) is 0 Å². The molecule has 4 nitrogen and oxygen atoms in total. The summed E-state index contributed by atoms with van der Waals surface area (Å²) in [5, 5.41) is 3.43. The minimum absolute atomic E-state index is 0.232. The molecule has 0 radical (unpaired) electrons. The number of nitrogens with one attached hydrogen (secondary N) is 1. The fourth-order valence-corrected chi connectivity index (χ4v) is 1.66. The highest BCUT2D eigenvalue weighted by molar-refractivity contribution is 5.26. The summed E-state index contributed by atoms with van der Waals surface area (Å²) in [5.41, 5.74) is 1.12. The van der Waals surface area contributed by atoms with Crippen LogP contribution in [0.4, 0.5) is 0 Å². The summed E-state index contributed by atoms with van der Waals surface area (Å²) in [4.78, 5) is 4.14. The number of hydrogen-bond acceptors (Lipinski definition) is 4. The smallest absolute Gasteiger partial charge is 0.137 e. The van der Waals surface area contributed by atoms with Crippen LogP contribution < -0.4 is 10.1 Å². The van der Waals surface area contributed by atoms with Gasteiger partial charge in [-0.1, -0.05) is 0 Å². The molecule has 0 aromatic carbocycles. The Morgan fingerprint density at radius 2 is 2.47 bits per heavy atom. The second-order valence-corrected chi connectivity index (χ2v) is 3.59. The van der Waals surface area contributed by atoms with Crippen molar-refractivity contribution in [1.82, 2.24) is 10.3 Å². The largest absolute Gasteiger partial charge is 0.495 e. The first-order valence-electron chi connectivity index (χ1n) is 5.20. The van der Waals surface area contributed by atoms with Gasteiger partial charge in [0.1, 0.15) is 5.75 Å². The summed E-state index contributed by atoms with van der Waals surface area (Å²) in [7, 11) is 1.65. The van der Waals surface area contributed by atoms with Gasteiger partial charge in [0.05, 0.1) is 26.0 Å². The molecule has 1 saturated heterocycles. The van der Waals surface area contributed by atoms with Crippen molar-refractivity contribution in [3.63, 3.8) is 0 Å². The van der Waals surface area contributed by atoms with E-state index in [1.807, 2.05) is 12.3 Å². The molecule has 1 aromatic heterocycles. The fraction of sp³-hybridized carbons (Fsp3) is 0.545. The van der Waals surface area contributed by atoms with Gasteiger partial charge in [0.15, 0.2) is 0 Å². The average molecular weight is 208 g/mol. The molecule has 1 unspecified atom stereocenters. The van der Waals surface area contributed by atoms with E-state index in [0.717, 1.165) is 30.9 Å². The Morgan fingerprint density at radius 1 is 1.53 bits per heavy atom. The lowest BCUT2D eigenvalue weighted by molar-refractivity contribution is 0.131. The van der Waals surface area contributed by atoms with Crippen LogP contribution in [0.2, 0.25) is 0 Å². The highest BCUT2D eigenvalue weighted by atomic mass is 16.5. The molecule has 1 N–H and O–H groups in total. The van der Waals surface area contributed by atoms with E-state index in [9.17, 15) is 0 Å². The zero-order valence-corrected chi connectivity index (χ0v) is 8.90. The molecule has 0 bridgehead atoms.